The molecule has 0 atom stereocenters. The van der Waals surface area contributed by atoms with E-state index >= 15 is 0 Å². The van der Waals surface area contributed by atoms with Crippen molar-refractivity contribution in [3.05, 3.63) is 17.7 Å². The van der Waals surface area contributed by atoms with Gasteiger partial charge in [-0.25, -0.2) is 0 Å². The number of benzene rings is 1. The maximum Gasteiger partial charge on any atom is 0.131 e. The van der Waals surface area contributed by atoms with Crippen molar-refractivity contribution in [2.24, 2.45) is 0 Å². The summed E-state index contributed by atoms with van der Waals surface area (Å²) in [4.78, 5) is 1.03. The van der Waals surface area contributed by atoms with Gasteiger partial charge in [0.05, 0.1) is 4.90 Å². The SMILES string of the molecule is Nc1cc(O)c2c(c1)CCCCS2. The molecule has 1 aliphatic heterocycles. The van der Waals surface area contributed by atoms with Crippen LogP contribution in [-0.4, -0.2) is 10.9 Å². The molecule has 70 valence electrons. The number of hydrogen-bond donors (Lipinski definition) is 2. The Bertz CT molecular complexity index is 325. The Morgan fingerprint density at radius 3 is 3.00 bits per heavy atom. The van der Waals surface area contributed by atoms with E-state index in [9.17, 15) is 5.11 Å². The summed E-state index contributed by atoms with van der Waals surface area (Å²) in [5.74, 6) is 1.45. The molecule has 0 saturated heterocycles. The van der Waals surface area contributed by atoms with E-state index in [0.29, 0.717) is 11.4 Å². The Morgan fingerprint density at radius 2 is 2.15 bits per heavy atom. The predicted octanol–water partition coefficient (Wildman–Crippen LogP) is 2.40. The second-order valence-corrected chi connectivity index (χ2v) is 4.44. The predicted molar refractivity (Wildman–Crippen MR) is 56.2 cm³/mol. The van der Waals surface area contributed by atoms with E-state index in [2.05, 4.69) is 0 Å². The van der Waals surface area contributed by atoms with E-state index in [-0.39, 0.29) is 0 Å². The summed E-state index contributed by atoms with van der Waals surface area (Å²) in [5.41, 5.74) is 7.54. The Labute approximate surface area is 82.1 Å². The van der Waals surface area contributed by atoms with Crippen molar-refractivity contribution >= 4 is 17.4 Å². The van der Waals surface area contributed by atoms with Gasteiger partial charge in [0.1, 0.15) is 5.75 Å². The largest absolute Gasteiger partial charge is 0.507 e. The first-order chi connectivity index (χ1) is 6.27. The van der Waals surface area contributed by atoms with E-state index in [4.69, 9.17) is 5.73 Å². The minimum absolute atomic E-state index is 0.349. The summed E-state index contributed by atoms with van der Waals surface area (Å²) in [6.07, 6.45) is 3.46. The molecule has 1 aromatic rings. The molecule has 0 amide bonds. The van der Waals surface area contributed by atoms with Gasteiger partial charge >= 0.3 is 0 Å². The normalized spacial score (nSPS) is 16.3. The number of anilines is 1. The molecule has 0 spiro atoms. The Kier molecular flexibility index (Phi) is 2.36. The number of rotatable bonds is 0. The lowest BCUT2D eigenvalue weighted by molar-refractivity contribution is 0.461. The lowest BCUT2D eigenvalue weighted by Gasteiger charge is -2.08. The molecule has 13 heavy (non-hydrogen) atoms. The van der Waals surface area contributed by atoms with E-state index in [0.717, 1.165) is 17.1 Å². The number of nitrogen functional groups attached to an aromatic ring is 1. The number of aromatic hydroxyl groups is 1. The number of nitrogens with two attached hydrogens (primary N) is 1. The molecule has 0 unspecified atom stereocenters. The average molecular weight is 195 g/mol. The van der Waals surface area contributed by atoms with Gasteiger partial charge in [0.15, 0.2) is 0 Å². The molecule has 3 N–H and O–H groups in total. The van der Waals surface area contributed by atoms with E-state index in [1.165, 1.54) is 18.4 Å². The summed E-state index contributed by atoms with van der Waals surface area (Å²) in [5, 5.41) is 9.66. The van der Waals surface area contributed by atoms with E-state index in [1.807, 2.05) is 6.07 Å². The van der Waals surface area contributed by atoms with Crippen LogP contribution in [0.5, 0.6) is 5.75 Å². The molecule has 2 rings (SSSR count). The van der Waals surface area contributed by atoms with Crippen LogP contribution in [0.15, 0.2) is 17.0 Å². The molecule has 0 fully saturated rings. The molecule has 1 aromatic carbocycles. The van der Waals surface area contributed by atoms with Gasteiger partial charge in [-0.2, -0.15) is 0 Å². The number of aryl methyl sites for hydroxylation is 1. The highest BCUT2D eigenvalue weighted by Crippen LogP contribution is 2.37. The number of thioether (sulfide) groups is 1. The van der Waals surface area contributed by atoms with Crippen molar-refractivity contribution in [3.8, 4) is 5.75 Å². The number of phenols is 1. The second-order valence-electron chi connectivity index (χ2n) is 3.33. The van der Waals surface area contributed by atoms with Crippen LogP contribution in [0.4, 0.5) is 5.69 Å². The van der Waals surface area contributed by atoms with Gasteiger partial charge in [0, 0.05) is 11.8 Å². The quantitative estimate of drug-likeness (QED) is 0.625. The standard InChI is InChI=1S/C10H13NOS/c11-8-5-7-3-1-2-4-13-10(7)9(12)6-8/h5-6,12H,1-4,11H2. The molecule has 0 aliphatic carbocycles. The second kappa shape index (κ2) is 3.50. The van der Waals surface area contributed by atoms with Crippen molar-refractivity contribution in [2.45, 2.75) is 24.2 Å². The van der Waals surface area contributed by atoms with Crippen molar-refractivity contribution in [3.63, 3.8) is 0 Å². The Hall–Kier alpha value is -0.830. The highest BCUT2D eigenvalue weighted by Gasteiger charge is 2.12. The fourth-order valence-electron chi connectivity index (χ4n) is 1.64. The average Bonchev–Trinajstić information content (AvgIpc) is 2.28. The summed E-state index contributed by atoms with van der Waals surface area (Å²) in [7, 11) is 0. The van der Waals surface area contributed by atoms with Gasteiger partial charge in [-0.15, -0.1) is 11.8 Å². The topological polar surface area (TPSA) is 46.2 Å². The third-order valence-corrected chi connectivity index (χ3v) is 3.51. The molecule has 0 aromatic heterocycles. The first-order valence-electron chi connectivity index (χ1n) is 4.51. The third-order valence-electron chi connectivity index (χ3n) is 2.26. The van der Waals surface area contributed by atoms with Crippen molar-refractivity contribution < 1.29 is 5.11 Å². The van der Waals surface area contributed by atoms with Gasteiger partial charge < -0.3 is 10.8 Å². The van der Waals surface area contributed by atoms with Crippen LogP contribution >= 0.6 is 11.8 Å². The first kappa shape index (κ1) is 8.75. The number of phenolic OH excluding ortho intramolecular Hbond substituents is 1. The highest BCUT2D eigenvalue weighted by atomic mass is 32.2. The van der Waals surface area contributed by atoms with Crippen LogP contribution in [0.25, 0.3) is 0 Å². The van der Waals surface area contributed by atoms with Crippen LogP contribution in [0, 0.1) is 0 Å². The lowest BCUT2D eigenvalue weighted by Crippen LogP contribution is -1.91. The fourth-order valence-corrected chi connectivity index (χ4v) is 2.75. The maximum atomic E-state index is 9.66. The van der Waals surface area contributed by atoms with Gasteiger partial charge in [-0.3, -0.25) is 0 Å². The monoisotopic (exact) mass is 195 g/mol. The van der Waals surface area contributed by atoms with Gasteiger partial charge in [0.2, 0.25) is 0 Å². The number of hydrogen-bond acceptors (Lipinski definition) is 3. The van der Waals surface area contributed by atoms with Gasteiger partial charge in [-0.05, 0) is 36.6 Å². The highest BCUT2D eigenvalue weighted by molar-refractivity contribution is 7.99. The minimum atomic E-state index is 0.349. The van der Waals surface area contributed by atoms with E-state index < -0.39 is 0 Å². The zero-order valence-corrected chi connectivity index (χ0v) is 8.23. The van der Waals surface area contributed by atoms with Crippen molar-refractivity contribution in [1.82, 2.24) is 0 Å². The number of fused-ring (bicyclic) bond motifs is 1. The van der Waals surface area contributed by atoms with Crippen LogP contribution in [-0.2, 0) is 6.42 Å². The molecule has 0 radical (unpaired) electrons. The Morgan fingerprint density at radius 1 is 1.31 bits per heavy atom. The van der Waals surface area contributed by atoms with Crippen LogP contribution in [0.3, 0.4) is 0 Å². The zero-order chi connectivity index (χ0) is 9.26. The van der Waals surface area contributed by atoms with E-state index in [1.54, 1.807) is 17.8 Å². The maximum absolute atomic E-state index is 9.66. The van der Waals surface area contributed by atoms with Crippen molar-refractivity contribution in [2.75, 3.05) is 11.5 Å². The van der Waals surface area contributed by atoms with Gasteiger partial charge in [-0.1, -0.05) is 0 Å². The van der Waals surface area contributed by atoms with Crippen LogP contribution in [0.1, 0.15) is 18.4 Å². The summed E-state index contributed by atoms with van der Waals surface area (Å²) in [6.45, 7) is 0. The van der Waals surface area contributed by atoms with Crippen LogP contribution < -0.4 is 5.73 Å². The molecular formula is C10H13NOS. The molecule has 0 bridgehead atoms. The van der Waals surface area contributed by atoms with Gasteiger partial charge in [0.25, 0.3) is 0 Å². The van der Waals surface area contributed by atoms with Crippen molar-refractivity contribution in [1.29, 1.82) is 0 Å². The molecule has 0 saturated carbocycles. The molecule has 2 nitrogen and oxygen atoms in total. The Balaban J connectivity index is 2.47. The summed E-state index contributed by atoms with van der Waals surface area (Å²) < 4.78 is 0. The fraction of sp³-hybridized carbons (Fsp3) is 0.400. The third kappa shape index (κ3) is 1.75. The summed E-state index contributed by atoms with van der Waals surface area (Å²) in [6, 6.07) is 3.62. The summed E-state index contributed by atoms with van der Waals surface area (Å²) >= 11 is 1.74. The lowest BCUT2D eigenvalue weighted by atomic mass is 10.1. The minimum Gasteiger partial charge on any atom is -0.507 e. The molecule has 1 heterocycles. The first-order valence-corrected chi connectivity index (χ1v) is 5.50. The van der Waals surface area contributed by atoms with Crippen LogP contribution in [0.2, 0.25) is 0 Å². The molecular weight excluding hydrogens is 182 g/mol. The molecule has 3 heteroatoms. The zero-order valence-electron chi connectivity index (χ0n) is 7.42. The smallest absolute Gasteiger partial charge is 0.131 e. The molecule has 1 aliphatic rings.